The van der Waals surface area contributed by atoms with Crippen LogP contribution in [0.25, 0.3) is 0 Å². The average Bonchev–Trinajstić information content (AvgIpc) is 2.44. The second kappa shape index (κ2) is 7.49. The van der Waals surface area contributed by atoms with Gasteiger partial charge in [-0.05, 0) is 37.0 Å². The average molecular weight is 256 g/mol. The van der Waals surface area contributed by atoms with Gasteiger partial charge in [-0.25, -0.2) is 0 Å². The number of aliphatic hydroxyl groups is 1. The highest BCUT2D eigenvalue weighted by molar-refractivity contribution is 5.94. The molecule has 0 spiro atoms. The number of hydrogen-bond donors (Lipinski definition) is 1. The Morgan fingerprint density at radius 1 is 1.00 bits per heavy atom. The van der Waals surface area contributed by atoms with Crippen molar-refractivity contribution in [2.24, 2.45) is 0 Å². The van der Waals surface area contributed by atoms with E-state index in [1.165, 1.54) is 16.7 Å². The molecule has 2 rings (SSSR count). The van der Waals surface area contributed by atoms with Gasteiger partial charge in [-0.2, -0.15) is 0 Å². The highest BCUT2D eigenvalue weighted by Gasteiger charge is 2.01. The van der Waals surface area contributed by atoms with Gasteiger partial charge in [0.15, 0.2) is 5.78 Å². The number of Topliss-reactive ketones (excluding diaryl/α,β-unsaturated/α-hetero) is 1. The summed E-state index contributed by atoms with van der Waals surface area (Å²) in [6.07, 6.45) is 0.921. The van der Waals surface area contributed by atoms with Crippen molar-refractivity contribution in [1.29, 1.82) is 0 Å². The van der Waals surface area contributed by atoms with Gasteiger partial charge in [-0.3, -0.25) is 4.79 Å². The largest absolute Gasteiger partial charge is 0.400 e. The van der Waals surface area contributed by atoms with Crippen molar-refractivity contribution in [2.45, 2.75) is 20.3 Å². The number of carbonyl (C=O) groups is 1. The Hall–Kier alpha value is -1.93. The first-order valence-electron chi connectivity index (χ1n) is 6.26. The van der Waals surface area contributed by atoms with E-state index in [1.54, 1.807) is 6.92 Å². The molecule has 0 aliphatic carbocycles. The molecule has 0 saturated heterocycles. The summed E-state index contributed by atoms with van der Waals surface area (Å²) in [6, 6.07) is 16.2. The lowest BCUT2D eigenvalue weighted by molar-refractivity contribution is 0.101. The van der Waals surface area contributed by atoms with Crippen LogP contribution in [0.3, 0.4) is 0 Å². The zero-order chi connectivity index (χ0) is 14.3. The number of aliphatic hydroxyl groups excluding tert-OH is 1. The predicted octanol–water partition coefficient (Wildman–Crippen LogP) is 3.40. The summed E-state index contributed by atoms with van der Waals surface area (Å²) in [5.41, 5.74) is 4.66. The van der Waals surface area contributed by atoms with Crippen molar-refractivity contribution in [3.63, 3.8) is 0 Å². The fourth-order valence-electron chi connectivity index (χ4n) is 1.89. The summed E-state index contributed by atoms with van der Waals surface area (Å²) in [7, 11) is 1.00. The number of carbonyl (C=O) groups excluding carboxylic acids is 1. The van der Waals surface area contributed by atoms with E-state index >= 15 is 0 Å². The Kier molecular flexibility index (Phi) is 5.97. The van der Waals surface area contributed by atoms with E-state index in [0.717, 1.165) is 19.1 Å². The predicted molar refractivity (Wildman–Crippen MR) is 78.6 cm³/mol. The maximum atomic E-state index is 11.2. The molecule has 0 heterocycles. The second-order valence-corrected chi connectivity index (χ2v) is 4.36. The maximum Gasteiger partial charge on any atom is 0.159 e. The molecule has 2 aromatic rings. The van der Waals surface area contributed by atoms with Gasteiger partial charge in [0, 0.05) is 12.7 Å². The summed E-state index contributed by atoms with van der Waals surface area (Å²) < 4.78 is 0. The van der Waals surface area contributed by atoms with Crippen LogP contribution in [0, 0.1) is 6.92 Å². The van der Waals surface area contributed by atoms with Gasteiger partial charge in [0.05, 0.1) is 0 Å². The first-order chi connectivity index (χ1) is 9.16. The lowest BCUT2D eigenvalue weighted by atomic mass is 9.99. The molecule has 19 heavy (non-hydrogen) atoms. The van der Waals surface area contributed by atoms with Crippen LogP contribution in [-0.4, -0.2) is 18.0 Å². The quantitative estimate of drug-likeness (QED) is 0.855. The van der Waals surface area contributed by atoms with Gasteiger partial charge >= 0.3 is 0 Å². The summed E-state index contributed by atoms with van der Waals surface area (Å²) in [6.45, 7) is 3.72. The number of rotatable bonds is 3. The third-order valence-corrected chi connectivity index (χ3v) is 3.02. The fraction of sp³-hybridized carbons (Fsp3) is 0.235. The first-order valence-corrected chi connectivity index (χ1v) is 6.26. The van der Waals surface area contributed by atoms with Gasteiger partial charge < -0.3 is 5.11 Å². The van der Waals surface area contributed by atoms with E-state index in [0.29, 0.717) is 0 Å². The Morgan fingerprint density at radius 2 is 1.58 bits per heavy atom. The van der Waals surface area contributed by atoms with E-state index in [4.69, 9.17) is 5.11 Å². The Balaban J connectivity index is 0.000000861. The molecule has 0 atom stereocenters. The van der Waals surface area contributed by atoms with Crippen LogP contribution in [0.2, 0.25) is 0 Å². The monoisotopic (exact) mass is 256 g/mol. The van der Waals surface area contributed by atoms with Crippen LogP contribution >= 0.6 is 0 Å². The van der Waals surface area contributed by atoms with E-state index in [2.05, 4.69) is 31.2 Å². The number of ketones is 1. The van der Waals surface area contributed by atoms with E-state index in [9.17, 15) is 4.79 Å². The highest BCUT2D eigenvalue weighted by Crippen LogP contribution is 2.14. The van der Waals surface area contributed by atoms with Crippen LogP contribution in [-0.2, 0) is 6.42 Å². The molecule has 100 valence electrons. The molecular formula is C17H20O2. The van der Waals surface area contributed by atoms with E-state index in [1.807, 2.05) is 24.3 Å². The van der Waals surface area contributed by atoms with Crippen molar-refractivity contribution in [1.82, 2.24) is 0 Å². The standard InChI is InChI=1S/C16H16O.CH4O/c1-12-5-3-4-6-16(12)11-14-7-9-15(10-8-14)13(2)17;1-2/h3-10H,11H2,1-2H3;2H,1H3. The van der Waals surface area contributed by atoms with Crippen LogP contribution < -0.4 is 0 Å². The van der Waals surface area contributed by atoms with Crippen molar-refractivity contribution < 1.29 is 9.90 Å². The number of aryl methyl sites for hydroxylation is 1. The van der Waals surface area contributed by atoms with Crippen molar-refractivity contribution >= 4 is 5.78 Å². The van der Waals surface area contributed by atoms with Crippen LogP contribution in [0.4, 0.5) is 0 Å². The molecule has 0 aromatic heterocycles. The van der Waals surface area contributed by atoms with Gasteiger partial charge in [0.25, 0.3) is 0 Å². The van der Waals surface area contributed by atoms with Gasteiger partial charge in [0.2, 0.25) is 0 Å². The van der Waals surface area contributed by atoms with Crippen LogP contribution in [0.1, 0.15) is 34.0 Å². The lowest BCUT2D eigenvalue weighted by Gasteiger charge is -2.06. The molecule has 0 saturated carbocycles. The molecule has 0 radical (unpaired) electrons. The normalized spacial score (nSPS) is 9.47. The minimum atomic E-state index is 0.118. The molecule has 0 aliphatic rings. The van der Waals surface area contributed by atoms with Crippen LogP contribution in [0.15, 0.2) is 48.5 Å². The third-order valence-electron chi connectivity index (χ3n) is 3.02. The zero-order valence-electron chi connectivity index (χ0n) is 11.7. The molecule has 2 aromatic carbocycles. The molecule has 1 N–H and O–H groups in total. The van der Waals surface area contributed by atoms with Crippen LogP contribution in [0.5, 0.6) is 0 Å². The van der Waals surface area contributed by atoms with Gasteiger partial charge in [0.1, 0.15) is 0 Å². The summed E-state index contributed by atoms with van der Waals surface area (Å²) in [5, 5.41) is 7.00. The second-order valence-electron chi connectivity index (χ2n) is 4.36. The Labute approximate surface area is 114 Å². The molecule has 0 bridgehead atoms. The summed E-state index contributed by atoms with van der Waals surface area (Å²) in [5.74, 6) is 0.118. The number of benzene rings is 2. The first kappa shape index (κ1) is 15.1. The van der Waals surface area contributed by atoms with E-state index < -0.39 is 0 Å². The summed E-state index contributed by atoms with van der Waals surface area (Å²) in [4.78, 5) is 11.2. The third kappa shape index (κ3) is 4.34. The Morgan fingerprint density at radius 3 is 2.11 bits per heavy atom. The maximum absolute atomic E-state index is 11.2. The van der Waals surface area contributed by atoms with Crippen molar-refractivity contribution in [3.05, 3.63) is 70.8 Å². The SMILES string of the molecule is CC(=O)c1ccc(Cc2ccccc2C)cc1.CO. The van der Waals surface area contributed by atoms with Gasteiger partial charge in [-0.1, -0.05) is 48.5 Å². The molecule has 0 amide bonds. The molecule has 0 aliphatic heterocycles. The van der Waals surface area contributed by atoms with Crippen molar-refractivity contribution in [2.75, 3.05) is 7.11 Å². The zero-order valence-corrected chi connectivity index (χ0v) is 11.7. The molecule has 0 fully saturated rings. The lowest BCUT2D eigenvalue weighted by Crippen LogP contribution is -1.94. The molecular weight excluding hydrogens is 236 g/mol. The minimum absolute atomic E-state index is 0.118. The molecule has 0 unspecified atom stereocenters. The topological polar surface area (TPSA) is 37.3 Å². The van der Waals surface area contributed by atoms with E-state index in [-0.39, 0.29) is 5.78 Å². The van der Waals surface area contributed by atoms with Crippen molar-refractivity contribution in [3.8, 4) is 0 Å². The molecule has 2 heteroatoms. The minimum Gasteiger partial charge on any atom is -0.400 e. The summed E-state index contributed by atoms with van der Waals surface area (Å²) >= 11 is 0. The smallest absolute Gasteiger partial charge is 0.159 e. The van der Waals surface area contributed by atoms with Gasteiger partial charge in [-0.15, -0.1) is 0 Å². The number of hydrogen-bond acceptors (Lipinski definition) is 2. The molecule has 2 nitrogen and oxygen atoms in total. The highest BCUT2D eigenvalue weighted by atomic mass is 16.2. The Bertz CT molecular complexity index is 527. The fourth-order valence-corrected chi connectivity index (χ4v) is 1.89.